The summed E-state index contributed by atoms with van der Waals surface area (Å²) in [7, 11) is -1.34. The summed E-state index contributed by atoms with van der Waals surface area (Å²) in [6.45, 7) is 27.1. The molecule has 0 amide bonds. The Morgan fingerprint density at radius 3 is 2.16 bits per heavy atom. The first-order valence-electron chi connectivity index (χ1n) is 22.3. The Bertz CT molecular complexity index is 3070. The number of nitrogens with zero attached hydrogens (tertiary/aromatic N) is 4. The molecule has 9 aromatic rings. The maximum Gasteiger partial charge on any atom is 0.216 e. The van der Waals surface area contributed by atoms with Crippen LogP contribution in [0, 0.1) is 25.0 Å². The van der Waals surface area contributed by atoms with Crippen molar-refractivity contribution in [2.75, 3.05) is 0 Å². The van der Waals surface area contributed by atoms with Gasteiger partial charge < -0.3 is 14.0 Å². The number of furan rings is 1. The van der Waals surface area contributed by atoms with Gasteiger partial charge in [0.15, 0.2) is 0 Å². The Hall–Kier alpha value is -5.46. The van der Waals surface area contributed by atoms with Gasteiger partial charge in [-0.05, 0) is 76.2 Å². The number of aryl methyl sites for hydroxylation is 1. The molecule has 0 aliphatic rings. The monoisotopic (exact) mass is 1040 g/mol. The summed E-state index contributed by atoms with van der Waals surface area (Å²) in [6, 6.07) is 49.2. The van der Waals surface area contributed by atoms with E-state index in [9.17, 15) is 0 Å². The molecule has 64 heavy (non-hydrogen) atoms. The van der Waals surface area contributed by atoms with Gasteiger partial charge in [-0.25, -0.2) is 4.98 Å². The van der Waals surface area contributed by atoms with E-state index >= 15 is 0 Å². The number of hydrogen-bond donors (Lipinski definition) is 0. The minimum absolute atomic E-state index is 0. The first-order chi connectivity index (χ1) is 29.9. The zero-order chi connectivity index (χ0) is 44.8. The molecular weight excluding hydrogens is 977 g/mol. The van der Waals surface area contributed by atoms with Crippen LogP contribution in [0.1, 0.15) is 77.8 Å². The molecule has 4 aromatic heterocycles. The molecule has 0 aliphatic heterocycles. The van der Waals surface area contributed by atoms with E-state index in [1.165, 1.54) is 16.3 Å². The molecule has 9 rings (SSSR count). The zero-order valence-corrected chi connectivity index (χ0v) is 42.8. The molecule has 0 spiro atoms. The quantitative estimate of drug-likeness (QED) is 0.118. The summed E-state index contributed by atoms with van der Waals surface area (Å²) in [4.78, 5) is 14.9. The number of para-hydroxylation sites is 2. The van der Waals surface area contributed by atoms with Gasteiger partial charge >= 0.3 is 0 Å². The van der Waals surface area contributed by atoms with E-state index in [-0.39, 0.29) is 30.9 Å². The van der Waals surface area contributed by atoms with Crippen LogP contribution in [0.4, 0.5) is 0 Å². The molecule has 5 nitrogen and oxygen atoms in total. The fraction of sp³-hybridized carbons (Fsp3) is 0.281. The molecule has 0 N–H and O–H groups in total. The fourth-order valence-electron chi connectivity index (χ4n) is 8.41. The topological polar surface area (TPSA) is 56.7 Å². The Morgan fingerprint density at radius 1 is 0.766 bits per heavy atom. The van der Waals surface area contributed by atoms with E-state index in [2.05, 4.69) is 207 Å². The summed E-state index contributed by atoms with van der Waals surface area (Å²) in [5.74, 6) is 1.46. The van der Waals surface area contributed by atoms with Crippen molar-refractivity contribution in [3.05, 3.63) is 162 Å². The molecule has 329 valence electrons. The second kappa shape index (κ2) is 18.2. The van der Waals surface area contributed by atoms with Crippen molar-refractivity contribution in [1.82, 2.24) is 19.5 Å². The first-order valence-corrected chi connectivity index (χ1v) is 25.8. The zero-order valence-electron chi connectivity index (χ0n) is 39.4. The third-order valence-corrected chi connectivity index (χ3v) is 13.8. The third-order valence-electron chi connectivity index (χ3n) is 11.8. The minimum Gasteiger partial charge on any atom is -0.486 e. The van der Waals surface area contributed by atoms with Crippen molar-refractivity contribution in [1.29, 1.82) is 0 Å². The molecule has 1 radical (unpaired) electrons. The number of rotatable bonds is 7. The van der Waals surface area contributed by atoms with Crippen LogP contribution in [-0.4, -0.2) is 27.6 Å². The van der Waals surface area contributed by atoms with Crippen LogP contribution in [-0.2, 0) is 37.4 Å². The van der Waals surface area contributed by atoms with Gasteiger partial charge in [-0.15, -0.1) is 53.6 Å². The van der Waals surface area contributed by atoms with E-state index in [1.54, 1.807) is 0 Å². The second-order valence-electron chi connectivity index (χ2n) is 20.4. The second-order valence-corrected chi connectivity index (χ2v) is 25.4. The maximum atomic E-state index is 6.62. The molecule has 0 saturated carbocycles. The maximum absolute atomic E-state index is 6.62. The van der Waals surface area contributed by atoms with E-state index in [0.29, 0.717) is 11.6 Å². The summed E-state index contributed by atoms with van der Waals surface area (Å²) in [5, 5.41) is 3.56. The number of benzene rings is 5. The number of hydrogen-bond acceptors (Lipinski definition) is 4. The van der Waals surface area contributed by atoms with Gasteiger partial charge in [0, 0.05) is 54.0 Å². The molecule has 0 fully saturated rings. The number of aromatic nitrogens is 4. The molecule has 0 aliphatic carbocycles. The van der Waals surface area contributed by atoms with Gasteiger partial charge in [-0.3, -0.25) is 4.98 Å². The van der Waals surface area contributed by atoms with E-state index < -0.39 is 8.07 Å². The molecule has 0 saturated heterocycles. The summed E-state index contributed by atoms with van der Waals surface area (Å²) in [5.41, 5.74) is 14.5. The van der Waals surface area contributed by atoms with Crippen LogP contribution in [0.2, 0.25) is 19.6 Å². The predicted octanol–water partition coefficient (Wildman–Crippen LogP) is 14.6. The van der Waals surface area contributed by atoms with E-state index in [1.807, 2.05) is 24.3 Å². The van der Waals surface area contributed by atoms with Crippen LogP contribution < -0.4 is 5.19 Å². The standard InChI is InChI=1S/C39H36N3O.C18H24NSi.Ir/c1-24-17-19-28(35-34(24)27-20-22-33(39(5,6)7)41-37(27)43-35)36-40-30-15-11-12-16-32(30)42(36)31-21-18-26(38(2,3)4)23-29(31)25-13-9-8-10-14-25;1-14(2)11-16-12-17(15-9-7-6-8-10-15)19-13-18(16)20(3,4)5;/h8-18,20-23H,1-7H3;6-9,12-14H,11H2,1-5H3;/q2*-1;. The van der Waals surface area contributed by atoms with Crippen molar-refractivity contribution >= 4 is 46.4 Å². The minimum atomic E-state index is -1.34. The molecule has 0 atom stereocenters. The predicted molar refractivity (Wildman–Crippen MR) is 268 cm³/mol. The van der Waals surface area contributed by atoms with Crippen LogP contribution in [0.25, 0.3) is 72.6 Å². The fourth-order valence-corrected chi connectivity index (χ4v) is 10.0. The van der Waals surface area contributed by atoms with Crippen molar-refractivity contribution in [3.8, 4) is 39.5 Å². The van der Waals surface area contributed by atoms with Gasteiger partial charge in [-0.1, -0.05) is 153 Å². The first kappa shape index (κ1) is 46.5. The summed E-state index contributed by atoms with van der Waals surface area (Å²) < 4.78 is 8.89. The molecule has 5 aromatic carbocycles. The van der Waals surface area contributed by atoms with Crippen LogP contribution in [0.5, 0.6) is 0 Å². The largest absolute Gasteiger partial charge is 0.486 e. The third kappa shape index (κ3) is 9.49. The number of pyridine rings is 2. The van der Waals surface area contributed by atoms with Crippen LogP contribution >= 0.6 is 0 Å². The number of fused-ring (bicyclic) bond motifs is 4. The van der Waals surface area contributed by atoms with E-state index in [0.717, 1.165) is 84.5 Å². The average molecular weight is 1040 g/mol. The van der Waals surface area contributed by atoms with Crippen LogP contribution in [0.3, 0.4) is 0 Å². The smallest absolute Gasteiger partial charge is 0.216 e. The van der Waals surface area contributed by atoms with Gasteiger partial charge in [-0.2, -0.15) is 0 Å². The Morgan fingerprint density at radius 2 is 1.48 bits per heavy atom. The number of imidazole rings is 1. The molecule has 7 heteroatoms. The molecule has 0 unspecified atom stereocenters. The molecular formula is C57H60IrN4OSi-2. The Labute approximate surface area is 394 Å². The van der Waals surface area contributed by atoms with Gasteiger partial charge in [0.25, 0.3) is 0 Å². The van der Waals surface area contributed by atoms with Crippen molar-refractivity contribution in [3.63, 3.8) is 0 Å². The SMILES string of the molecule is CC(C)Cc1cc(-c2[c-]cccc2)ncc1[Si](C)(C)C.Cc1c[c-]c(-c2nc3ccccc3n2-c2ccc(C(C)(C)C)cc2-c2ccccc2)c2oc3nc(C(C)(C)C)ccc3c12.[Ir]. The van der Waals surface area contributed by atoms with Gasteiger partial charge in [0.05, 0.1) is 30.5 Å². The van der Waals surface area contributed by atoms with Gasteiger partial charge in [0.2, 0.25) is 5.71 Å². The normalized spacial score (nSPS) is 12.1. The van der Waals surface area contributed by atoms with Crippen molar-refractivity contribution < 1.29 is 24.5 Å². The average Bonchev–Trinajstić information content (AvgIpc) is 3.83. The molecule has 0 bridgehead atoms. The summed E-state index contributed by atoms with van der Waals surface area (Å²) in [6.07, 6.45) is 3.24. The van der Waals surface area contributed by atoms with Gasteiger partial charge in [0.1, 0.15) is 0 Å². The Kier molecular flexibility index (Phi) is 13.2. The summed E-state index contributed by atoms with van der Waals surface area (Å²) >= 11 is 0. The van der Waals surface area contributed by atoms with E-state index in [4.69, 9.17) is 14.4 Å². The van der Waals surface area contributed by atoms with Crippen LogP contribution in [0.15, 0.2) is 132 Å². The molecule has 4 heterocycles. The van der Waals surface area contributed by atoms with Crippen molar-refractivity contribution in [2.24, 2.45) is 5.92 Å². The van der Waals surface area contributed by atoms with Crippen molar-refractivity contribution in [2.45, 2.75) is 99.2 Å². The Balaban J connectivity index is 0.000000246.